The van der Waals surface area contributed by atoms with Crippen LogP contribution in [0.3, 0.4) is 0 Å². The number of unbranched alkanes of at least 4 members (excludes halogenated alkanes) is 1. The number of sulfonamides is 1. The maximum atomic E-state index is 13.8. The van der Waals surface area contributed by atoms with Crippen molar-refractivity contribution in [3.05, 3.63) is 53.1 Å². The topological polar surface area (TPSA) is 105 Å². The molecular formula is C26H34ClN3O6S. The molecule has 0 radical (unpaired) electrons. The normalized spacial score (nSPS) is 13.5. The van der Waals surface area contributed by atoms with Crippen molar-refractivity contribution in [2.75, 3.05) is 36.9 Å². The number of halogens is 1. The van der Waals surface area contributed by atoms with Crippen molar-refractivity contribution in [2.45, 2.75) is 45.7 Å². The number of carbonyl (C=O) groups excluding carboxylic acids is 2. The van der Waals surface area contributed by atoms with Gasteiger partial charge in [-0.3, -0.25) is 13.9 Å². The smallest absolute Gasteiger partial charge is 0.244 e. The van der Waals surface area contributed by atoms with Gasteiger partial charge in [0.1, 0.15) is 25.8 Å². The summed E-state index contributed by atoms with van der Waals surface area (Å²) in [5.74, 6) is 0.0868. The number of hydrogen-bond donors (Lipinski definition) is 1. The average Bonchev–Trinajstić information content (AvgIpc) is 2.87. The fourth-order valence-electron chi connectivity index (χ4n) is 4.04. The van der Waals surface area contributed by atoms with Crippen molar-refractivity contribution < 1.29 is 27.5 Å². The largest absolute Gasteiger partial charge is 0.486 e. The minimum atomic E-state index is -3.86. The van der Waals surface area contributed by atoms with E-state index in [1.807, 2.05) is 13.8 Å². The Morgan fingerprint density at radius 3 is 2.43 bits per heavy atom. The van der Waals surface area contributed by atoms with E-state index in [1.165, 1.54) is 11.0 Å². The summed E-state index contributed by atoms with van der Waals surface area (Å²) in [5, 5.41) is 3.34. The number of fused-ring (bicyclic) bond motifs is 1. The number of ether oxygens (including phenoxy) is 2. The first-order chi connectivity index (χ1) is 17.7. The number of amides is 2. The van der Waals surface area contributed by atoms with Crippen LogP contribution in [-0.2, 0) is 26.2 Å². The lowest BCUT2D eigenvalue weighted by Crippen LogP contribution is -2.52. The predicted molar refractivity (Wildman–Crippen MR) is 144 cm³/mol. The summed E-state index contributed by atoms with van der Waals surface area (Å²) in [7, 11) is -3.86. The van der Waals surface area contributed by atoms with E-state index in [1.54, 1.807) is 36.4 Å². The molecule has 202 valence electrons. The Kier molecular flexibility index (Phi) is 10.0. The van der Waals surface area contributed by atoms with Crippen LogP contribution < -0.4 is 19.1 Å². The summed E-state index contributed by atoms with van der Waals surface area (Å²) in [6, 6.07) is 11.0. The average molecular weight is 552 g/mol. The number of hydrogen-bond acceptors (Lipinski definition) is 6. The van der Waals surface area contributed by atoms with E-state index in [0.29, 0.717) is 48.3 Å². The van der Waals surface area contributed by atoms with Gasteiger partial charge in [0.05, 0.1) is 11.9 Å². The number of nitrogens with zero attached hydrogens (tertiary/aromatic N) is 2. The quantitative estimate of drug-likeness (QED) is 0.404. The summed E-state index contributed by atoms with van der Waals surface area (Å²) >= 11 is 6.37. The van der Waals surface area contributed by atoms with Gasteiger partial charge in [0.25, 0.3) is 0 Å². The second-order valence-electron chi connectivity index (χ2n) is 8.78. The molecule has 1 atom stereocenters. The highest BCUT2D eigenvalue weighted by atomic mass is 35.5. The van der Waals surface area contributed by atoms with Gasteiger partial charge < -0.3 is 19.7 Å². The molecule has 37 heavy (non-hydrogen) atoms. The van der Waals surface area contributed by atoms with Crippen molar-refractivity contribution >= 4 is 39.1 Å². The van der Waals surface area contributed by atoms with Crippen LogP contribution >= 0.6 is 11.6 Å². The van der Waals surface area contributed by atoms with Crippen LogP contribution in [-0.4, -0.2) is 63.7 Å². The molecule has 0 aromatic heterocycles. The molecule has 1 aliphatic heterocycles. The van der Waals surface area contributed by atoms with Gasteiger partial charge in [-0.2, -0.15) is 0 Å². The molecule has 2 aromatic carbocycles. The first-order valence-electron chi connectivity index (χ1n) is 12.3. The Morgan fingerprint density at radius 2 is 1.78 bits per heavy atom. The summed E-state index contributed by atoms with van der Waals surface area (Å²) in [4.78, 5) is 28.2. The van der Waals surface area contributed by atoms with Gasteiger partial charge >= 0.3 is 0 Å². The van der Waals surface area contributed by atoms with E-state index in [2.05, 4.69) is 5.32 Å². The molecular weight excluding hydrogens is 518 g/mol. The van der Waals surface area contributed by atoms with Gasteiger partial charge in [-0.05, 0) is 36.6 Å². The molecule has 3 rings (SSSR count). The van der Waals surface area contributed by atoms with E-state index in [4.69, 9.17) is 21.1 Å². The molecule has 0 bridgehead atoms. The van der Waals surface area contributed by atoms with E-state index in [9.17, 15) is 18.0 Å². The van der Waals surface area contributed by atoms with Crippen molar-refractivity contribution in [1.82, 2.24) is 10.2 Å². The molecule has 1 aliphatic rings. The van der Waals surface area contributed by atoms with Crippen molar-refractivity contribution in [2.24, 2.45) is 0 Å². The van der Waals surface area contributed by atoms with E-state index >= 15 is 0 Å². The highest BCUT2D eigenvalue weighted by Gasteiger charge is 2.32. The van der Waals surface area contributed by atoms with Gasteiger partial charge in [0, 0.05) is 24.2 Å². The third-order valence-electron chi connectivity index (χ3n) is 6.01. The first-order valence-corrected chi connectivity index (χ1v) is 14.6. The zero-order chi connectivity index (χ0) is 27.0. The number of nitrogens with one attached hydrogen (secondary N) is 1. The second kappa shape index (κ2) is 13.0. The van der Waals surface area contributed by atoms with Crippen LogP contribution in [0.4, 0.5) is 5.69 Å². The van der Waals surface area contributed by atoms with Gasteiger partial charge in [-0.25, -0.2) is 8.42 Å². The van der Waals surface area contributed by atoms with E-state index < -0.39 is 28.5 Å². The van der Waals surface area contributed by atoms with E-state index in [0.717, 1.165) is 23.4 Å². The van der Waals surface area contributed by atoms with Crippen molar-refractivity contribution in [1.29, 1.82) is 0 Å². The Morgan fingerprint density at radius 1 is 1.08 bits per heavy atom. The maximum Gasteiger partial charge on any atom is 0.244 e. The molecule has 1 heterocycles. The third kappa shape index (κ3) is 7.52. The predicted octanol–water partition coefficient (Wildman–Crippen LogP) is 3.60. The fraction of sp³-hybridized carbons (Fsp3) is 0.462. The number of anilines is 1. The lowest BCUT2D eigenvalue weighted by molar-refractivity contribution is -0.140. The maximum absolute atomic E-state index is 13.8. The standard InChI is InChI=1S/C26H34ClN3O6S/c1-4-6-13-28-26(32)22(5-2)29(17-19-9-7-8-10-21(19)27)25(31)18-30(37(3,33)34)20-11-12-23-24(16-20)36-15-14-35-23/h7-12,16,22H,4-6,13-15,17-18H2,1-3H3,(H,28,32)/t22-/m1/s1. The lowest BCUT2D eigenvalue weighted by Gasteiger charge is -2.33. The third-order valence-corrected chi connectivity index (χ3v) is 7.52. The molecule has 0 unspecified atom stereocenters. The summed E-state index contributed by atoms with van der Waals surface area (Å²) in [5.41, 5.74) is 0.917. The number of benzene rings is 2. The molecule has 0 saturated carbocycles. The lowest BCUT2D eigenvalue weighted by atomic mass is 10.1. The summed E-state index contributed by atoms with van der Waals surface area (Å²) in [6.07, 6.45) is 3.10. The number of rotatable bonds is 12. The summed E-state index contributed by atoms with van der Waals surface area (Å²) in [6.45, 7) is 4.62. The molecule has 2 amide bonds. The fourth-order valence-corrected chi connectivity index (χ4v) is 5.07. The molecule has 0 spiro atoms. The van der Waals surface area contributed by atoms with Crippen LogP contribution in [0.25, 0.3) is 0 Å². The highest BCUT2D eigenvalue weighted by molar-refractivity contribution is 7.92. The van der Waals surface area contributed by atoms with Gasteiger partial charge in [-0.1, -0.05) is 50.1 Å². The molecule has 1 N–H and O–H groups in total. The Labute approximate surface area is 223 Å². The minimum Gasteiger partial charge on any atom is -0.486 e. The van der Waals surface area contributed by atoms with Crippen LogP contribution in [0, 0.1) is 0 Å². The second-order valence-corrected chi connectivity index (χ2v) is 11.1. The van der Waals surface area contributed by atoms with E-state index in [-0.39, 0.29) is 18.1 Å². The molecule has 2 aromatic rings. The molecule has 0 aliphatic carbocycles. The Balaban J connectivity index is 1.93. The minimum absolute atomic E-state index is 0.0525. The SMILES string of the molecule is CCCCNC(=O)[C@@H](CC)N(Cc1ccccc1Cl)C(=O)CN(c1ccc2c(c1)OCCO2)S(C)(=O)=O. The Hall–Kier alpha value is -2.98. The molecule has 11 heteroatoms. The van der Waals surface area contributed by atoms with Crippen molar-refractivity contribution in [3.63, 3.8) is 0 Å². The zero-order valence-electron chi connectivity index (χ0n) is 21.4. The zero-order valence-corrected chi connectivity index (χ0v) is 23.0. The monoisotopic (exact) mass is 551 g/mol. The molecule has 0 saturated heterocycles. The van der Waals surface area contributed by atoms with Gasteiger partial charge in [0.15, 0.2) is 11.5 Å². The van der Waals surface area contributed by atoms with Crippen LogP contribution in [0.15, 0.2) is 42.5 Å². The molecule has 9 nitrogen and oxygen atoms in total. The van der Waals surface area contributed by atoms with Crippen LogP contribution in [0.5, 0.6) is 11.5 Å². The highest BCUT2D eigenvalue weighted by Crippen LogP contribution is 2.34. The van der Waals surface area contributed by atoms with Gasteiger partial charge in [0.2, 0.25) is 21.8 Å². The van der Waals surface area contributed by atoms with Crippen LogP contribution in [0.2, 0.25) is 5.02 Å². The van der Waals surface area contributed by atoms with Crippen LogP contribution in [0.1, 0.15) is 38.7 Å². The van der Waals surface area contributed by atoms with Crippen molar-refractivity contribution in [3.8, 4) is 11.5 Å². The molecule has 0 fully saturated rings. The summed E-state index contributed by atoms with van der Waals surface area (Å²) < 4.78 is 37.7. The number of carbonyl (C=O) groups is 2. The van der Waals surface area contributed by atoms with Gasteiger partial charge in [-0.15, -0.1) is 0 Å². The first kappa shape index (κ1) is 28.6. The Bertz CT molecular complexity index is 1210.